The van der Waals surface area contributed by atoms with Crippen LogP contribution in [0.4, 0.5) is 0 Å². The van der Waals surface area contributed by atoms with Crippen LogP contribution in [0.2, 0.25) is 0 Å². The number of fused-ring (bicyclic) bond motifs is 7. The second-order valence-corrected chi connectivity index (χ2v) is 42.7. The number of aromatic nitrogens is 12. The van der Waals surface area contributed by atoms with Crippen molar-refractivity contribution in [3.8, 4) is 39.1 Å². The molecule has 0 amide bonds. The van der Waals surface area contributed by atoms with E-state index >= 15 is 0 Å². The van der Waals surface area contributed by atoms with E-state index in [-0.39, 0.29) is 45.8 Å². The molecule has 12 nitrogen and oxygen atoms in total. The van der Waals surface area contributed by atoms with Crippen molar-refractivity contribution in [3.63, 3.8) is 0 Å². The van der Waals surface area contributed by atoms with Gasteiger partial charge in [0, 0.05) is 181 Å². The van der Waals surface area contributed by atoms with E-state index in [4.69, 9.17) is 4.98 Å². The fraction of sp³-hybridized carbons (Fsp3) is 0.215. The maximum absolute atomic E-state index is 4.73. The molecule has 0 N–H and O–H groups in total. The molecule has 13 heteroatoms. The molecule has 0 fully saturated rings. The summed E-state index contributed by atoms with van der Waals surface area (Å²) in [6.07, 6.45) is 21.8. The van der Waals surface area contributed by atoms with Gasteiger partial charge in [-0.3, -0.25) is 9.67 Å². The molecular weight excluding hydrogens is 1920 g/mol. The Hall–Kier alpha value is -15.0. The summed E-state index contributed by atoms with van der Waals surface area (Å²) in [6, 6.07) is 95.4. The second-order valence-electron chi connectivity index (χ2n) is 42.7. The molecule has 25 aromatic rings. The van der Waals surface area contributed by atoms with Crippen LogP contribution in [-0.2, 0) is 108 Å². The second kappa shape index (κ2) is 32.0. The van der Waals surface area contributed by atoms with Crippen molar-refractivity contribution in [1.29, 1.82) is 0 Å². The Balaban J connectivity index is 0.0000000888. The fourth-order valence-electron chi connectivity index (χ4n) is 27.6. The van der Waals surface area contributed by atoms with Crippen molar-refractivity contribution in [2.75, 3.05) is 0 Å². The summed E-state index contributed by atoms with van der Waals surface area (Å²) in [4.78, 5) is 4.73. The number of benzene rings is 14. The van der Waals surface area contributed by atoms with Crippen molar-refractivity contribution >= 4 is 137 Å². The van der Waals surface area contributed by atoms with E-state index in [1.165, 1.54) is 282 Å². The van der Waals surface area contributed by atoms with Crippen LogP contribution in [0, 0.1) is 67.5 Å². The van der Waals surface area contributed by atoms with Crippen LogP contribution in [0.25, 0.3) is 176 Å². The van der Waals surface area contributed by atoms with Crippen molar-refractivity contribution in [2.45, 2.75) is 186 Å². The number of aryl methyl sites for hydroxylation is 13. The van der Waals surface area contributed by atoms with Crippen LogP contribution in [0.5, 0.6) is 0 Å². The molecule has 1 radical (unpaired) electrons. The predicted octanol–water partition coefficient (Wildman–Crippen LogP) is 27.4. The normalized spacial score (nSPS) is 14.5. The Morgan fingerprint density at radius 2 is 0.895 bits per heavy atom. The third-order valence-electron chi connectivity index (χ3n) is 33.6. The first kappa shape index (κ1) is 88.2. The van der Waals surface area contributed by atoms with Crippen molar-refractivity contribution in [1.82, 2.24) is 36.9 Å². The van der Waals surface area contributed by atoms with Crippen molar-refractivity contribution in [3.05, 3.63) is 415 Å². The molecule has 0 atom stereocenters. The van der Waals surface area contributed by atoms with E-state index < -0.39 is 0 Å². The molecule has 9 aliphatic rings. The summed E-state index contributed by atoms with van der Waals surface area (Å²) in [5.41, 5.74) is 54.8. The van der Waals surface area contributed by atoms with Crippen molar-refractivity contribution < 1.29 is 38.2 Å². The number of rotatable bonds is 4. The fourth-order valence-corrected chi connectivity index (χ4v) is 27.6. The molecule has 0 bridgehead atoms. The smallest absolute Gasteiger partial charge is 0.295 e. The van der Waals surface area contributed by atoms with Gasteiger partial charge in [0.15, 0.2) is 5.69 Å². The minimum absolute atomic E-state index is 0. The van der Waals surface area contributed by atoms with Gasteiger partial charge in [-0.15, -0.1) is 35.7 Å². The van der Waals surface area contributed by atoms with E-state index in [9.17, 15) is 0 Å². The third-order valence-corrected chi connectivity index (χ3v) is 33.6. The van der Waals surface area contributed by atoms with E-state index in [1.54, 1.807) is 10.9 Å². The molecule has 0 saturated carbocycles. The molecule has 0 aliphatic carbocycles. The van der Waals surface area contributed by atoms with Gasteiger partial charge in [-0.25, -0.2) is 18.3 Å². The molecule has 14 aromatic carbocycles. The Labute approximate surface area is 846 Å². The van der Waals surface area contributed by atoms with E-state index in [0.717, 1.165) is 94.3 Å². The van der Waals surface area contributed by atoms with Crippen LogP contribution in [0.15, 0.2) is 280 Å². The number of para-hydroxylation sites is 2. The SMILES string of the molecule is C.C.CC1(C)Cc2cccc3c4ccc[c-]c4c4ncc1n4c23.Cc1ccc2c3c1c1cccc4c1c1n(c(C)c([n+]31)CC2(C)C)C4.Cc1cccc(C)c1-c1cc2c3c(c1)c1cccc4c1c1n3c(c[n+]1C4)CC2.Cc1cccc(C)c1-c1ccc2c3c1c1cccc4c1c1n3c(c[n+]1C4)CC2.Cc1cccc(C)c1-c1ccc2c3cccc4c3c3n5c(c[n+]3C4)CCc1c25.[Ir].[c-]1ccccc1-n1cccn1. The van der Waals surface area contributed by atoms with Gasteiger partial charge in [0.2, 0.25) is 0 Å². The molecule has 0 spiro atoms. The average molecular weight is 2040 g/mol. The van der Waals surface area contributed by atoms with Crippen LogP contribution in [0.3, 0.4) is 0 Å². The Kier molecular flexibility index (Phi) is 19.7. The van der Waals surface area contributed by atoms with Gasteiger partial charge in [-0.1, -0.05) is 224 Å². The topological polar surface area (TPSA) is 69.0 Å². The summed E-state index contributed by atoms with van der Waals surface area (Å²) >= 11 is 0. The zero-order chi connectivity index (χ0) is 93.8. The van der Waals surface area contributed by atoms with Gasteiger partial charge < -0.3 is 4.40 Å². The van der Waals surface area contributed by atoms with Crippen LogP contribution in [-0.4, -0.2) is 36.9 Å². The number of nitrogens with zero attached hydrogens (tertiary/aromatic N) is 12. The predicted molar refractivity (Wildman–Crippen MR) is 582 cm³/mol. The third kappa shape index (κ3) is 12.4. The van der Waals surface area contributed by atoms with Gasteiger partial charge in [0.05, 0.1) is 27.2 Å². The molecule has 701 valence electrons. The zero-order valence-electron chi connectivity index (χ0n) is 81.7. The van der Waals surface area contributed by atoms with E-state index in [0.29, 0.717) is 0 Å². The maximum Gasteiger partial charge on any atom is 0.295 e. The molecule has 0 saturated heterocycles. The summed E-state index contributed by atoms with van der Waals surface area (Å²) in [7, 11) is 0. The minimum Gasteiger partial charge on any atom is -0.337 e. The summed E-state index contributed by atoms with van der Waals surface area (Å²) < 4.78 is 24.4. The van der Waals surface area contributed by atoms with Crippen LogP contribution >= 0.6 is 0 Å². The van der Waals surface area contributed by atoms with Crippen LogP contribution in [0.1, 0.15) is 166 Å². The summed E-state index contributed by atoms with van der Waals surface area (Å²) in [6.45, 7) is 31.5. The van der Waals surface area contributed by atoms with Gasteiger partial charge in [-0.2, -0.15) is 47.0 Å². The van der Waals surface area contributed by atoms with Gasteiger partial charge in [0.1, 0.15) is 89.6 Å². The minimum atomic E-state index is 0. The van der Waals surface area contributed by atoms with Crippen LogP contribution < -0.4 is 18.1 Å². The first-order valence-electron chi connectivity index (χ1n) is 50.4. The standard InChI is InChI=1S/3C26H21N2.C22H21N2.C19H15N2.C9H7N2.2CH4.Ir/c1-15-5-3-6-16(2)22(15)21-12-10-17-9-11-19-14-27-13-18-7-4-8-20-23(18)26(27)28(19)25(17)24(20)21;1-15-5-3-6-16(2)23(15)19-11-17-9-10-20-14-27-13-18-7-4-8-21-22(12-19)25(17)28(20)26(27)24(18)21;1-15-5-3-6-16(2)23(15)20-11-12-22-19-8-4-7-17-13-27-14-18-9-10-21(20)25(22)28(18)26(27)24(17)19;1-12-8-9-16-20-18(12)15-7-5-6-14-11-23-13(2)17(10-22(16,3)4)24(20)21(23)19(14)15;1-19(2)10-12-6-5-9-14-13-7-3-4-8-15(13)18-20-11-16(19)21(18)17(12)14;1-2-5-9(6-3-1)11-8-4-7-10-11;;;/h3-8,10,12,14H,9,11,13H2,1-2H3;2*3-8,11-12,14H,9-10,13H2,1-2H3;5-9H,10-11H2,1-4H3;3-7,9,11H,10H2,1-2H3;1-5,7-8H;2*1H4;/q4*+1;2*-1;;;. The summed E-state index contributed by atoms with van der Waals surface area (Å²) in [5.74, 6) is 0. The van der Waals surface area contributed by atoms with E-state index in [2.05, 4.69) is 365 Å². The first-order chi connectivity index (χ1) is 68.3. The monoisotopic (exact) mass is 2040 g/mol. The quantitative estimate of drug-likeness (QED) is 0.100. The Bertz CT molecular complexity index is 9840. The average Bonchev–Trinajstić information content (AvgIpc) is 1.52. The number of hydrogen-bond acceptors (Lipinski definition) is 2. The van der Waals surface area contributed by atoms with Gasteiger partial charge in [-0.05, 0) is 187 Å². The number of pyridine rings is 5. The molecule has 143 heavy (non-hydrogen) atoms. The summed E-state index contributed by atoms with van der Waals surface area (Å²) in [5, 5.41) is 24.9. The molecule has 9 aliphatic heterocycles. The first-order valence-corrected chi connectivity index (χ1v) is 50.4. The van der Waals surface area contributed by atoms with Crippen molar-refractivity contribution in [2.24, 2.45) is 0 Å². The molecular formula is C130H114IrN12+2. The Morgan fingerprint density at radius 3 is 1.53 bits per heavy atom. The zero-order valence-corrected chi connectivity index (χ0v) is 84.1. The molecule has 0 unspecified atom stereocenters. The van der Waals surface area contributed by atoms with Gasteiger partial charge >= 0.3 is 0 Å². The maximum atomic E-state index is 4.73. The number of imidazole rings is 5. The number of hydrogen-bond donors (Lipinski definition) is 0. The Morgan fingerprint density at radius 1 is 0.371 bits per heavy atom. The van der Waals surface area contributed by atoms with Gasteiger partial charge in [0.25, 0.3) is 22.6 Å². The molecule has 11 aromatic heterocycles. The molecule has 34 rings (SSSR count). The molecule has 20 heterocycles. The largest absolute Gasteiger partial charge is 0.337 e. The van der Waals surface area contributed by atoms with E-state index in [1.807, 2.05) is 48.8 Å².